The molecule has 0 bridgehead atoms. The van der Waals surface area contributed by atoms with Crippen molar-refractivity contribution in [2.24, 2.45) is 0 Å². The first kappa shape index (κ1) is 15.7. The van der Waals surface area contributed by atoms with E-state index in [1.165, 1.54) is 16.6 Å². The van der Waals surface area contributed by atoms with Crippen LogP contribution in [0.5, 0.6) is 0 Å². The van der Waals surface area contributed by atoms with E-state index in [0.717, 1.165) is 0 Å². The third kappa shape index (κ3) is 3.92. The number of aryl methyl sites for hydroxylation is 1. The average molecular weight is 313 g/mol. The second kappa shape index (κ2) is 5.98. The van der Waals surface area contributed by atoms with Crippen molar-refractivity contribution in [1.82, 2.24) is 4.31 Å². The van der Waals surface area contributed by atoms with E-state index >= 15 is 0 Å². The highest BCUT2D eigenvalue weighted by Crippen LogP contribution is 2.24. The van der Waals surface area contributed by atoms with Crippen molar-refractivity contribution >= 4 is 21.4 Å². The molecule has 1 aliphatic rings. The lowest BCUT2D eigenvalue weighted by Gasteiger charge is -2.31. The summed E-state index contributed by atoms with van der Waals surface area (Å²) in [4.78, 5) is 10.5. The molecule has 1 saturated heterocycles. The van der Waals surface area contributed by atoms with E-state index in [0.29, 0.717) is 37.2 Å². The van der Waals surface area contributed by atoms with Crippen LogP contribution in [0.2, 0.25) is 0 Å². The highest BCUT2D eigenvalue weighted by molar-refractivity contribution is 7.88. The molecule has 2 rings (SSSR count). The Kier molecular flexibility index (Phi) is 4.48. The van der Waals surface area contributed by atoms with Crippen LogP contribution in [0.1, 0.15) is 18.4 Å². The summed E-state index contributed by atoms with van der Waals surface area (Å²) in [5.41, 5.74) is 1.41. The molecule has 0 spiro atoms. The second-order valence-electron chi connectivity index (χ2n) is 5.34. The first-order chi connectivity index (χ1) is 9.77. The van der Waals surface area contributed by atoms with Crippen LogP contribution in [0.15, 0.2) is 18.2 Å². The largest absolute Gasteiger partial charge is 0.382 e. The Morgan fingerprint density at radius 1 is 1.33 bits per heavy atom. The van der Waals surface area contributed by atoms with Crippen molar-refractivity contribution in [3.63, 3.8) is 0 Å². The molecule has 116 valence electrons. The van der Waals surface area contributed by atoms with Crippen LogP contribution in [0.4, 0.5) is 11.4 Å². The molecule has 21 heavy (non-hydrogen) atoms. The van der Waals surface area contributed by atoms with Crippen LogP contribution < -0.4 is 5.32 Å². The zero-order valence-electron chi connectivity index (χ0n) is 12.1. The van der Waals surface area contributed by atoms with Gasteiger partial charge in [-0.2, -0.15) is 0 Å². The van der Waals surface area contributed by atoms with E-state index in [2.05, 4.69) is 5.32 Å². The molecule has 8 heteroatoms. The molecule has 0 radical (unpaired) electrons. The Morgan fingerprint density at radius 2 is 1.95 bits per heavy atom. The lowest BCUT2D eigenvalue weighted by Crippen LogP contribution is -2.41. The van der Waals surface area contributed by atoms with Crippen molar-refractivity contribution in [1.29, 1.82) is 0 Å². The van der Waals surface area contributed by atoms with Crippen LogP contribution in [-0.2, 0) is 10.0 Å². The van der Waals surface area contributed by atoms with Gasteiger partial charge >= 0.3 is 0 Å². The highest BCUT2D eigenvalue weighted by Gasteiger charge is 2.25. The highest BCUT2D eigenvalue weighted by atomic mass is 32.2. The van der Waals surface area contributed by atoms with Gasteiger partial charge in [0.1, 0.15) is 0 Å². The summed E-state index contributed by atoms with van der Waals surface area (Å²) in [6, 6.07) is 5.18. The van der Waals surface area contributed by atoms with Gasteiger partial charge < -0.3 is 5.32 Å². The number of benzene rings is 1. The number of nitro benzene ring substituents is 1. The summed E-state index contributed by atoms with van der Waals surface area (Å²) in [5.74, 6) is 0. The minimum Gasteiger partial charge on any atom is -0.382 e. The maximum atomic E-state index is 11.4. The second-order valence-corrected chi connectivity index (χ2v) is 7.32. The van der Waals surface area contributed by atoms with Gasteiger partial charge in [-0.05, 0) is 25.8 Å². The van der Waals surface area contributed by atoms with E-state index in [9.17, 15) is 18.5 Å². The number of hydrogen-bond donors (Lipinski definition) is 1. The molecule has 0 amide bonds. The standard InChI is InChI=1S/C13H19N3O4S/c1-10-3-4-12(9-13(10)16(17)18)14-11-5-7-15(8-6-11)21(2,19)20/h3-4,9,11,14H,5-8H2,1-2H3. The topological polar surface area (TPSA) is 92.6 Å². The predicted octanol–water partition coefficient (Wildman–Crippen LogP) is 1.74. The van der Waals surface area contributed by atoms with E-state index in [-0.39, 0.29) is 11.7 Å². The van der Waals surface area contributed by atoms with Gasteiger partial charge in [-0.1, -0.05) is 6.07 Å². The first-order valence-corrected chi connectivity index (χ1v) is 8.59. The SMILES string of the molecule is Cc1ccc(NC2CCN(S(C)(=O)=O)CC2)cc1[N+](=O)[O-]. The number of nitrogens with zero attached hydrogens (tertiary/aromatic N) is 2. The van der Waals surface area contributed by atoms with Crippen LogP contribution >= 0.6 is 0 Å². The molecule has 7 nitrogen and oxygen atoms in total. The maximum Gasteiger partial charge on any atom is 0.274 e. The van der Waals surface area contributed by atoms with Gasteiger partial charge in [0.05, 0.1) is 11.2 Å². The third-order valence-electron chi connectivity index (χ3n) is 3.70. The van der Waals surface area contributed by atoms with Crippen molar-refractivity contribution in [2.75, 3.05) is 24.7 Å². The van der Waals surface area contributed by atoms with Crippen LogP contribution in [0, 0.1) is 17.0 Å². The Labute approximate surface area is 124 Å². The number of nitro groups is 1. The lowest BCUT2D eigenvalue weighted by atomic mass is 10.1. The zero-order valence-corrected chi connectivity index (χ0v) is 12.9. The fourth-order valence-corrected chi connectivity index (χ4v) is 3.34. The number of anilines is 1. The summed E-state index contributed by atoms with van der Waals surface area (Å²) in [6.45, 7) is 2.65. The van der Waals surface area contributed by atoms with Gasteiger partial charge in [-0.15, -0.1) is 0 Å². The molecule has 0 saturated carbocycles. The molecule has 1 N–H and O–H groups in total. The summed E-state index contributed by atoms with van der Waals surface area (Å²) < 4.78 is 24.3. The molecule has 1 heterocycles. The third-order valence-corrected chi connectivity index (χ3v) is 5.00. The smallest absolute Gasteiger partial charge is 0.274 e. The molecule has 1 aromatic rings. The van der Waals surface area contributed by atoms with Gasteiger partial charge in [0.25, 0.3) is 5.69 Å². The quantitative estimate of drug-likeness (QED) is 0.675. The predicted molar refractivity (Wildman–Crippen MR) is 80.9 cm³/mol. The Balaban J connectivity index is 2.01. The molecule has 0 unspecified atom stereocenters. The van der Waals surface area contributed by atoms with Gasteiger partial charge in [0.15, 0.2) is 0 Å². The fraction of sp³-hybridized carbons (Fsp3) is 0.538. The van der Waals surface area contributed by atoms with Crippen LogP contribution in [0.25, 0.3) is 0 Å². The summed E-state index contributed by atoms with van der Waals surface area (Å²) >= 11 is 0. The zero-order chi connectivity index (χ0) is 15.6. The van der Waals surface area contributed by atoms with E-state index < -0.39 is 14.9 Å². The minimum atomic E-state index is -3.13. The molecule has 1 aromatic carbocycles. The molecule has 1 fully saturated rings. The Bertz CT molecular complexity index is 637. The fourth-order valence-electron chi connectivity index (χ4n) is 2.46. The molecule has 1 aliphatic heterocycles. The Morgan fingerprint density at radius 3 is 2.48 bits per heavy atom. The number of hydrogen-bond acceptors (Lipinski definition) is 5. The van der Waals surface area contributed by atoms with Crippen molar-refractivity contribution < 1.29 is 13.3 Å². The van der Waals surface area contributed by atoms with Crippen molar-refractivity contribution in [2.45, 2.75) is 25.8 Å². The molecule has 0 aliphatic carbocycles. The summed E-state index contributed by atoms with van der Waals surface area (Å²) in [6.07, 6.45) is 2.59. The van der Waals surface area contributed by atoms with Gasteiger partial charge in [-0.25, -0.2) is 12.7 Å². The van der Waals surface area contributed by atoms with E-state index in [4.69, 9.17) is 0 Å². The number of piperidine rings is 1. The maximum absolute atomic E-state index is 11.4. The molecular weight excluding hydrogens is 294 g/mol. The monoisotopic (exact) mass is 313 g/mol. The van der Waals surface area contributed by atoms with Crippen molar-refractivity contribution in [3.05, 3.63) is 33.9 Å². The summed E-state index contributed by atoms with van der Waals surface area (Å²) in [5, 5.41) is 14.2. The normalized spacial score (nSPS) is 17.6. The Hall–Kier alpha value is -1.67. The number of nitrogens with one attached hydrogen (secondary N) is 1. The first-order valence-electron chi connectivity index (χ1n) is 6.74. The average Bonchev–Trinajstić information content (AvgIpc) is 2.40. The molecule has 0 atom stereocenters. The van der Waals surface area contributed by atoms with Gasteiger partial charge in [0.2, 0.25) is 10.0 Å². The van der Waals surface area contributed by atoms with Gasteiger partial charge in [-0.3, -0.25) is 10.1 Å². The van der Waals surface area contributed by atoms with Gasteiger partial charge in [0, 0.05) is 36.4 Å². The molecule has 0 aromatic heterocycles. The van der Waals surface area contributed by atoms with E-state index in [1.54, 1.807) is 13.0 Å². The van der Waals surface area contributed by atoms with Crippen LogP contribution in [0.3, 0.4) is 0 Å². The van der Waals surface area contributed by atoms with Crippen LogP contribution in [-0.4, -0.2) is 43.0 Å². The summed E-state index contributed by atoms with van der Waals surface area (Å²) in [7, 11) is -3.13. The number of sulfonamides is 1. The van der Waals surface area contributed by atoms with E-state index in [1.807, 2.05) is 6.07 Å². The lowest BCUT2D eigenvalue weighted by molar-refractivity contribution is -0.385. The molecular formula is C13H19N3O4S. The minimum absolute atomic E-state index is 0.0913. The number of rotatable bonds is 4. The van der Waals surface area contributed by atoms with Crippen molar-refractivity contribution in [3.8, 4) is 0 Å².